The summed E-state index contributed by atoms with van der Waals surface area (Å²) >= 11 is 1.44. The minimum Gasteiger partial charge on any atom is -0.348 e. The first-order valence-electron chi connectivity index (χ1n) is 11.3. The number of para-hydroxylation sites is 1. The highest BCUT2D eigenvalue weighted by molar-refractivity contribution is 7.12. The predicted molar refractivity (Wildman–Crippen MR) is 134 cm³/mol. The molecule has 3 aromatic rings. The Kier molecular flexibility index (Phi) is 7.72. The highest BCUT2D eigenvalue weighted by Gasteiger charge is 2.24. The Balaban J connectivity index is 1.28. The fraction of sp³-hybridized carbons (Fsp3) is 0.269. The number of nitrogens with zero attached hydrogens (tertiary/aromatic N) is 2. The molecule has 3 amide bonds. The Labute approximate surface area is 203 Å². The van der Waals surface area contributed by atoms with Gasteiger partial charge in [0.25, 0.3) is 11.8 Å². The molecule has 0 bridgehead atoms. The fourth-order valence-corrected chi connectivity index (χ4v) is 4.52. The highest BCUT2D eigenvalue weighted by Crippen LogP contribution is 2.17. The van der Waals surface area contributed by atoms with E-state index in [-0.39, 0.29) is 24.3 Å². The number of hydrogen-bond donors (Lipinski definition) is 2. The summed E-state index contributed by atoms with van der Waals surface area (Å²) < 4.78 is 0. The van der Waals surface area contributed by atoms with E-state index in [1.807, 2.05) is 58.5 Å². The van der Waals surface area contributed by atoms with Gasteiger partial charge in [-0.25, -0.2) is 0 Å². The molecule has 1 aliphatic rings. The van der Waals surface area contributed by atoms with Gasteiger partial charge in [0.1, 0.15) is 0 Å². The molecule has 34 heavy (non-hydrogen) atoms. The van der Waals surface area contributed by atoms with Crippen molar-refractivity contribution in [1.29, 1.82) is 0 Å². The smallest absolute Gasteiger partial charge is 0.264 e. The number of piperazine rings is 1. The molecule has 8 heteroatoms. The van der Waals surface area contributed by atoms with Crippen molar-refractivity contribution in [2.45, 2.75) is 13.5 Å². The molecule has 0 aliphatic carbocycles. The summed E-state index contributed by atoms with van der Waals surface area (Å²) in [6.45, 7) is 5.07. The Hall–Kier alpha value is -3.49. The molecule has 0 radical (unpaired) electrons. The van der Waals surface area contributed by atoms with E-state index in [1.54, 1.807) is 24.3 Å². The zero-order valence-electron chi connectivity index (χ0n) is 19.1. The molecule has 2 heterocycles. The Morgan fingerprint density at radius 2 is 1.65 bits per heavy atom. The van der Waals surface area contributed by atoms with E-state index in [9.17, 15) is 14.4 Å². The number of rotatable bonds is 7. The van der Waals surface area contributed by atoms with Gasteiger partial charge < -0.3 is 15.5 Å². The number of hydrogen-bond acceptors (Lipinski definition) is 5. The molecule has 176 valence electrons. The average Bonchev–Trinajstić information content (AvgIpc) is 3.39. The number of carbonyl (C=O) groups excluding carboxylic acids is 3. The number of aryl methyl sites for hydroxylation is 1. The summed E-state index contributed by atoms with van der Waals surface area (Å²) in [5.74, 6) is -0.376. The molecule has 0 atom stereocenters. The van der Waals surface area contributed by atoms with Crippen molar-refractivity contribution in [3.8, 4) is 0 Å². The standard InChI is InChI=1S/C26H28N4O3S/c1-19-8-10-20(11-9-19)17-27-25(32)21-5-2-3-6-22(21)28-24(31)18-29-12-14-30(15-13-29)26(33)23-7-4-16-34-23/h2-11,16H,12-15,17-18H2,1H3,(H,27,32)(H,28,31). The van der Waals surface area contributed by atoms with Gasteiger partial charge in [-0.3, -0.25) is 19.3 Å². The minimum atomic E-state index is -0.239. The summed E-state index contributed by atoms with van der Waals surface area (Å²) in [5.41, 5.74) is 3.09. The lowest BCUT2D eigenvalue weighted by atomic mass is 10.1. The number of amides is 3. The third-order valence-corrected chi connectivity index (χ3v) is 6.64. The van der Waals surface area contributed by atoms with Crippen molar-refractivity contribution in [2.75, 3.05) is 38.0 Å². The molecule has 4 rings (SSSR count). The van der Waals surface area contributed by atoms with Crippen LogP contribution in [-0.4, -0.2) is 60.2 Å². The van der Waals surface area contributed by atoms with E-state index in [2.05, 4.69) is 10.6 Å². The van der Waals surface area contributed by atoms with Crippen LogP contribution in [0.25, 0.3) is 0 Å². The maximum Gasteiger partial charge on any atom is 0.264 e. The Morgan fingerprint density at radius 1 is 0.912 bits per heavy atom. The third-order valence-electron chi connectivity index (χ3n) is 5.78. The molecule has 2 aromatic carbocycles. The maximum atomic E-state index is 12.8. The fourth-order valence-electron chi connectivity index (χ4n) is 3.83. The van der Waals surface area contributed by atoms with Crippen LogP contribution in [0.15, 0.2) is 66.0 Å². The third kappa shape index (κ3) is 6.09. The van der Waals surface area contributed by atoms with Gasteiger partial charge in [0.05, 0.1) is 22.7 Å². The van der Waals surface area contributed by atoms with Crippen LogP contribution in [-0.2, 0) is 11.3 Å². The summed E-state index contributed by atoms with van der Waals surface area (Å²) in [5, 5.41) is 7.70. The molecule has 0 unspecified atom stereocenters. The molecule has 1 saturated heterocycles. The van der Waals surface area contributed by atoms with Gasteiger partial charge >= 0.3 is 0 Å². The monoisotopic (exact) mass is 476 g/mol. The molecule has 0 saturated carbocycles. The first kappa shape index (κ1) is 23.7. The van der Waals surface area contributed by atoms with E-state index < -0.39 is 0 Å². The van der Waals surface area contributed by atoms with Gasteiger partial charge in [0, 0.05) is 32.7 Å². The predicted octanol–water partition coefficient (Wildman–Crippen LogP) is 3.38. The molecule has 7 nitrogen and oxygen atoms in total. The number of thiophene rings is 1. The zero-order chi connectivity index (χ0) is 23.9. The van der Waals surface area contributed by atoms with Crippen molar-refractivity contribution in [2.24, 2.45) is 0 Å². The van der Waals surface area contributed by atoms with E-state index >= 15 is 0 Å². The van der Waals surface area contributed by atoms with Gasteiger partial charge in [-0.1, -0.05) is 48.0 Å². The quantitative estimate of drug-likeness (QED) is 0.548. The second-order valence-electron chi connectivity index (χ2n) is 8.31. The van der Waals surface area contributed by atoms with E-state index in [0.29, 0.717) is 44.0 Å². The van der Waals surface area contributed by atoms with Gasteiger partial charge in [0.2, 0.25) is 5.91 Å². The minimum absolute atomic E-state index is 0.0460. The van der Waals surface area contributed by atoms with Crippen LogP contribution >= 0.6 is 11.3 Å². The van der Waals surface area contributed by atoms with Crippen LogP contribution in [0.5, 0.6) is 0 Å². The van der Waals surface area contributed by atoms with Crippen LogP contribution < -0.4 is 10.6 Å². The number of anilines is 1. The topological polar surface area (TPSA) is 81.8 Å². The molecular formula is C26H28N4O3S. The number of nitrogens with one attached hydrogen (secondary N) is 2. The van der Waals surface area contributed by atoms with Gasteiger partial charge in [-0.2, -0.15) is 0 Å². The number of carbonyl (C=O) groups is 3. The van der Waals surface area contributed by atoms with Crippen molar-refractivity contribution in [1.82, 2.24) is 15.1 Å². The summed E-state index contributed by atoms with van der Waals surface area (Å²) in [7, 11) is 0. The first-order chi connectivity index (χ1) is 16.5. The van der Waals surface area contributed by atoms with Crippen LogP contribution in [0, 0.1) is 6.92 Å². The SMILES string of the molecule is Cc1ccc(CNC(=O)c2ccccc2NC(=O)CN2CCN(C(=O)c3cccs3)CC2)cc1. The second-order valence-corrected chi connectivity index (χ2v) is 9.26. The Morgan fingerprint density at radius 3 is 2.35 bits per heavy atom. The Bertz CT molecular complexity index is 1140. The van der Waals surface area contributed by atoms with E-state index in [1.165, 1.54) is 16.9 Å². The summed E-state index contributed by atoms with van der Waals surface area (Å²) in [6.07, 6.45) is 0. The maximum absolute atomic E-state index is 12.8. The van der Waals surface area contributed by atoms with Crippen LogP contribution in [0.1, 0.15) is 31.2 Å². The van der Waals surface area contributed by atoms with Crippen molar-refractivity contribution >= 4 is 34.7 Å². The van der Waals surface area contributed by atoms with Crippen LogP contribution in [0.2, 0.25) is 0 Å². The van der Waals surface area contributed by atoms with Gasteiger partial charge in [0.15, 0.2) is 0 Å². The van der Waals surface area contributed by atoms with Crippen molar-refractivity contribution < 1.29 is 14.4 Å². The van der Waals surface area contributed by atoms with Crippen LogP contribution in [0.4, 0.5) is 5.69 Å². The normalized spacial score (nSPS) is 14.0. The largest absolute Gasteiger partial charge is 0.348 e. The summed E-state index contributed by atoms with van der Waals surface area (Å²) in [6, 6.07) is 18.7. The van der Waals surface area contributed by atoms with Gasteiger partial charge in [-0.15, -0.1) is 11.3 Å². The highest BCUT2D eigenvalue weighted by atomic mass is 32.1. The lowest BCUT2D eigenvalue weighted by molar-refractivity contribution is -0.117. The van der Waals surface area contributed by atoms with Gasteiger partial charge in [-0.05, 0) is 36.1 Å². The number of benzene rings is 2. The molecular weight excluding hydrogens is 448 g/mol. The van der Waals surface area contributed by atoms with Crippen LogP contribution in [0.3, 0.4) is 0 Å². The average molecular weight is 477 g/mol. The first-order valence-corrected chi connectivity index (χ1v) is 12.2. The van der Waals surface area contributed by atoms with Crippen molar-refractivity contribution in [3.63, 3.8) is 0 Å². The summed E-state index contributed by atoms with van der Waals surface area (Å²) in [4.78, 5) is 42.6. The molecule has 2 N–H and O–H groups in total. The zero-order valence-corrected chi connectivity index (χ0v) is 19.9. The molecule has 1 fully saturated rings. The van der Waals surface area contributed by atoms with E-state index in [0.717, 1.165) is 10.4 Å². The molecule has 1 aromatic heterocycles. The molecule has 0 spiro atoms. The lowest BCUT2D eigenvalue weighted by Gasteiger charge is -2.34. The lowest BCUT2D eigenvalue weighted by Crippen LogP contribution is -2.50. The van der Waals surface area contributed by atoms with Crippen molar-refractivity contribution in [3.05, 3.63) is 87.6 Å². The molecule has 1 aliphatic heterocycles. The second kappa shape index (κ2) is 11.1. The van der Waals surface area contributed by atoms with E-state index in [4.69, 9.17) is 0 Å².